The van der Waals surface area contributed by atoms with E-state index in [9.17, 15) is 4.79 Å². The number of H-pyrrole nitrogens is 1. The maximum absolute atomic E-state index is 12.5. The minimum atomic E-state index is -0.292. The summed E-state index contributed by atoms with van der Waals surface area (Å²) in [5, 5.41) is 10.1. The number of ether oxygens (including phenoxy) is 1. The molecule has 9 heteroatoms. The Morgan fingerprint density at radius 3 is 2.80 bits per heavy atom. The Balaban J connectivity index is 1.46. The minimum absolute atomic E-state index is 0.238. The molecule has 0 unspecified atom stereocenters. The molecule has 5 rings (SSSR count). The number of hydrogen-bond donors (Lipinski definition) is 1. The van der Waals surface area contributed by atoms with Gasteiger partial charge in [-0.3, -0.25) is 4.79 Å². The molecule has 0 aliphatic carbocycles. The van der Waals surface area contributed by atoms with Crippen LogP contribution in [0.4, 0.5) is 0 Å². The number of nitrogens with one attached hydrogen (secondary N) is 1. The number of aromatic nitrogens is 5. The average molecular weight is 419 g/mol. The lowest BCUT2D eigenvalue weighted by molar-refractivity contribution is 0.416. The van der Waals surface area contributed by atoms with Gasteiger partial charge in [-0.15, -0.1) is 10.2 Å². The molecule has 150 valence electrons. The summed E-state index contributed by atoms with van der Waals surface area (Å²) in [6.45, 7) is 0. The Bertz CT molecular complexity index is 1440. The molecular weight excluding hydrogens is 402 g/mol. The van der Waals surface area contributed by atoms with Crippen molar-refractivity contribution < 1.29 is 9.15 Å². The second-order valence-electron chi connectivity index (χ2n) is 6.64. The van der Waals surface area contributed by atoms with Gasteiger partial charge in [0.25, 0.3) is 5.56 Å². The van der Waals surface area contributed by atoms with Gasteiger partial charge in [-0.2, -0.15) is 0 Å². The second kappa shape index (κ2) is 7.34. The van der Waals surface area contributed by atoms with Gasteiger partial charge in [-0.25, -0.2) is 4.98 Å². The van der Waals surface area contributed by atoms with E-state index in [1.165, 1.54) is 11.8 Å². The third-order valence-electron chi connectivity index (χ3n) is 4.80. The number of nitrogens with zero attached hydrogens (tertiary/aromatic N) is 4. The molecule has 0 saturated carbocycles. The summed E-state index contributed by atoms with van der Waals surface area (Å²) in [7, 11) is 3.52. The van der Waals surface area contributed by atoms with E-state index in [0.717, 1.165) is 16.7 Å². The first-order valence-electron chi connectivity index (χ1n) is 9.21. The number of fused-ring (bicyclic) bond motifs is 3. The molecule has 0 spiro atoms. The summed E-state index contributed by atoms with van der Waals surface area (Å²) in [4.78, 5) is 19.9. The molecule has 0 aliphatic heterocycles. The zero-order valence-electron chi connectivity index (χ0n) is 16.2. The smallest absolute Gasteiger partial charge is 0.294 e. The van der Waals surface area contributed by atoms with Crippen LogP contribution < -0.4 is 10.3 Å². The highest BCUT2D eigenvalue weighted by molar-refractivity contribution is 7.98. The normalized spacial score (nSPS) is 11.4. The van der Waals surface area contributed by atoms with Crippen LogP contribution in [0, 0.1) is 0 Å². The first kappa shape index (κ1) is 18.4. The number of benzene rings is 2. The summed E-state index contributed by atoms with van der Waals surface area (Å²) in [5.74, 6) is 2.41. The molecule has 1 N–H and O–H groups in total. The van der Waals surface area contributed by atoms with E-state index in [1.54, 1.807) is 7.11 Å². The summed E-state index contributed by atoms with van der Waals surface area (Å²) in [6.07, 6.45) is 0. The van der Waals surface area contributed by atoms with E-state index in [4.69, 9.17) is 9.15 Å². The Hall–Kier alpha value is -3.59. The van der Waals surface area contributed by atoms with E-state index in [1.807, 2.05) is 60.1 Å². The van der Waals surface area contributed by atoms with Crippen LogP contribution >= 0.6 is 11.8 Å². The number of aromatic amines is 1. The molecule has 0 fully saturated rings. The summed E-state index contributed by atoms with van der Waals surface area (Å²) in [6, 6.07) is 15.1. The number of hydrogen-bond acceptors (Lipinski definition) is 7. The van der Waals surface area contributed by atoms with E-state index in [0.29, 0.717) is 33.7 Å². The topological polar surface area (TPSA) is 98.8 Å². The predicted octanol–water partition coefficient (Wildman–Crippen LogP) is 3.77. The summed E-state index contributed by atoms with van der Waals surface area (Å²) in [5.41, 5.74) is 2.02. The van der Waals surface area contributed by atoms with Crippen LogP contribution in [-0.2, 0) is 12.8 Å². The van der Waals surface area contributed by atoms with E-state index < -0.39 is 0 Å². The van der Waals surface area contributed by atoms with Crippen LogP contribution in [-0.4, -0.2) is 31.8 Å². The van der Waals surface area contributed by atoms with Gasteiger partial charge in [0.15, 0.2) is 11.0 Å². The van der Waals surface area contributed by atoms with Gasteiger partial charge in [-0.1, -0.05) is 36.0 Å². The third kappa shape index (κ3) is 3.03. The lowest BCUT2D eigenvalue weighted by atomic mass is 10.2. The Morgan fingerprint density at radius 2 is 1.93 bits per heavy atom. The minimum Gasteiger partial charge on any atom is -0.496 e. The van der Waals surface area contributed by atoms with Gasteiger partial charge in [-0.05, 0) is 24.3 Å². The van der Waals surface area contributed by atoms with Crippen LogP contribution in [0.15, 0.2) is 62.9 Å². The zero-order chi connectivity index (χ0) is 20.7. The standard InChI is InChI=1S/C21H17N5O3S/c1-26-19(13-8-4-5-9-14(13)28-2)24-25-21(26)30-11-16-22-17-12-7-3-6-10-15(12)29-18(17)20(27)23-16/h3-10H,11H2,1-2H3,(H,22,23,27). The maximum Gasteiger partial charge on any atom is 0.294 e. The molecule has 0 saturated heterocycles. The van der Waals surface area contributed by atoms with Crippen LogP contribution in [0.1, 0.15) is 5.82 Å². The molecule has 30 heavy (non-hydrogen) atoms. The van der Waals surface area contributed by atoms with Crippen molar-refractivity contribution in [1.29, 1.82) is 0 Å². The molecule has 2 aromatic carbocycles. The molecule has 5 aromatic rings. The fourth-order valence-electron chi connectivity index (χ4n) is 3.35. The van der Waals surface area contributed by atoms with Crippen LogP contribution in [0.5, 0.6) is 5.75 Å². The quantitative estimate of drug-likeness (QED) is 0.433. The summed E-state index contributed by atoms with van der Waals surface area (Å²) >= 11 is 1.44. The van der Waals surface area contributed by atoms with Gasteiger partial charge < -0.3 is 18.7 Å². The van der Waals surface area contributed by atoms with Gasteiger partial charge in [0.05, 0.1) is 18.4 Å². The van der Waals surface area contributed by atoms with Gasteiger partial charge >= 0.3 is 0 Å². The number of para-hydroxylation sites is 2. The highest BCUT2D eigenvalue weighted by atomic mass is 32.2. The van der Waals surface area contributed by atoms with Crippen molar-refractivity contribution in [3.8, 4) is 17.1 Å². The molecule has 3 aromatic heterocycles. The summed E-state index contributed by atoms with van der Waals surface area (Å²) < 4.78 is 13.0. The van der Waals surface area contributed by atoms with Crippen LogP contribution in [0.2, 0.25) is 0 Å². The lowest BCUT2D eigenvalue weighted by Crippen LogP contribution is -2.10. The zero-order valence-corrected chi connectivity index (χ0v) is 17.1. The molecule has 0 radical (unpaired) electrons. The molecule has 8 nitrogen and oxygen atoms in total. The second-order valence-corrected chi connectivity index (χ2v) is 7.59. The first-order chi connectivity index (χ1) is 14.7. The number of furan rings is 1. The van der Waals surface area contributed by atoms with Crippen molar-refractivity contribution in [1.82, 2.24) is 24.7 Å². The van der Waals surface area contributed by atoms with Crippen molar-refractivity contribution in [2.45, 2.75) is 10.9 Å². The average Bonchev–Trinajstić information content (AvgIpc) is 3.33. The van der Waals surface area contributed by atoms with Crippen molar-refractivity contribution in [3.05, 3.63) is 64.7 Å². The fraction of sp³-hybridized carbons (Fsp3) is 0.143. The molecule has 0 amide bonds. The Kier molecular flexibility index (Phi) is 4.51. The van der Waals surface area contributed by atoms with Gasteiger partial charge in [0.2, 0.25) is 5.58 Å². The van der Waals surface area contributed by atoms with E-state index in [-0.39, 0.29) is 11.1 Å². The molecule has 0 aliphatic rings. The molecule has 0 atom stereocenters. The SMILES string of the molecule is COc1ccccc1-c1nnc(SCc2nc3c(oc4ccccc43)c(=O)[nH]2)n1C. The van der Waals surface area contributed by atoms with Crippen LogP contribution in [0.3, 0.4) is 0 Å². The van der Waals surface area contributed by atoms with Gasteiger partial charge in [0.1, 0.15) is 22.7 Å². The number of methoxy groups -OCH3 is 1. The Labute approximate surface area is 174 Å². The highest BCUT2D eigenvalue weighted by Gasteiger charge is 2.17. The van der Waals surface area contributed by atoms with Gasteiger partial charge in [0, 0.05) is 12.4 Å². The van der Waals surface area contributed by atoms with E-state index in [2.05, 4.69) is 20.2 Å². The van der Waals surface area contributed by atoms with Crippen molar-refractivity contribution >= 4 is 33.8 Å². The highest BCUT2D eigenvalue weighted by Crippen LogP contribution is 2.31. The van der Waals surface area contributed by atoms with E-state index >= 15 is 0 Å². The molecule has 0 bridgehead atoms. The number of thioether (sulfide) groups is 1. The third-order valence-corrected chi connectivity index (χ3v) is 5.83. The van der Waals surface area contributed by atoms with Crippen molar-refractivity contribution in [3.63, 3.8) is 0 Å². The molecule has 3 heterocycles. The largest absolute Gasteiger partial charge is 0.496 e. The lowest BCUT2D eigenvalue weighted by Gasteiger charge is -2.08. The van der Waals surface area contributed by atoms with Crippen molar-refractivity contribution in [2.75, 3.05) is 7.11 Å². The maximum atomic E-state index is 12.5. The first-order valence-corrected chi connectivity index (χ1v) is 10.2. The predicted molar refractivity (Wildman–Crippen MR) is 115 cm³/mol. The van der Waals surface area contributed by atoms with Crippen molar-refractivity contribution in [2.24, 2.45) is 7.05 Å². The Morgan fingerprint density at radius 1 is 1.13 bits per heavy atom. The number of rotatable bonds is 5. The fourth-order valence-corrected chi connectivity index (χ4v) is 4.13. The monoisotopic (exact) mass is 419 g/mol. The molecular formula is C21H17N5O3S. The van der Waals surface area contributed by atoms with Crippen LogP contribution in [0.25, 0.3) is 33.5 Å².